The summed E-state index contributed by atoms with van der Waals surface area (Å²) in [5, 5.41) is 12.2. The number of fused-ring (bicyclic) bond motifs is 3. The topological polar surface area (TPSA) is 89.6 Å². The predicted molar refractivity (Wildman–Crippen MR) is 116 cm³/mol. The summed E-state index contributed by atoms with van der Waals surface area (Å²) in [6.45, 7) is 2.17. The van der Waals surface area contributed by atoms with Crippen LogP contribution < -0.4 is 10.2 Å². The van der Waals surface area contributed by atoms with Crippen LogP contribution in [-0.4, -0.2) is 56.9 Å². The van der Waals surface area contributed by atoms with Crippen molar-refractivity contribution in [3.63, 3.8) is 0 Å². The Morgan fingerprint density at radius 1 is 1.19 bits per heavy atom. The van der Waals surface area contributed by atoms with E-state index in [1.165, 1.54) is 6.07 Å². The normalized spacial score (nSPS) is 20.0. The largest absolute Gasteiger partial charge is 0.347 e. The summed E-state index contributed by atoms with van der Waals surface area (Å²) >= 11 is 0. The number of pyridine rings is 2. The summed E-state index contributed by atoms with van der Waals surface area (Å²) in [7, 11) is 0. The van der Waals surface area contributed by atoms with Gasteiger partial charge in [0.1, 0.15) is 23.4 Å². The first-order chi connectivity index (χ1) is 15.6. The van der Waals surface area contributed by atoms with E-state index in [9.17, 15) is 9.18 Å². The molecule has 5 heterocycles. The highest BCUT2D eigenvalue weighted by atomic mass is 19.1. The fraction of sp³-hybridized carbons (Fsp3) is 0.391. The van der Waals surface area contributed by atoms with Gasteiger partial charge in [0.05, 0.1) is 11.3 Å². The first kappa shape index (κ1) is 20.4. The van der Waals surface area contributed by atoms with Crippen molar-refractivity contribution in [2.75, 3.05) is 24.5 Å². The van der Waals surface area contributed by atoms with E-state index in [-0.39, 0.29) is 23.8 Å². The van der Waals surface area contributed by atoms with E-state index in [0.29, 0.717) is 49.5 Å². The van der Waals surface area contributed by atoms with Crippen LogP contribution in [-0.2, 0) is 11.3 Å². The van der Waals surface area contributed by atoms with E-state index >= 15 is 0 Å². The molecule has 2 atom stereocenters. The average molecular weight is 433 g/mol. The van der Waals surface area contributed by atoms with Crippen molar-refractivity contribution in [3.8, 4) is 6.07 Å². The molecule has 2 bridgehead atoms. The molecule has 0 aliphatic carbocycles. The number of nitrogens with one attached hydrogen (secondary N) is 1. The van der Waals surface area contributed by atoms with Gasteiger partial charge in [0.25, 0.3) is 0 Å². The van der Waals surface area contributed by atoms with Crippen LogP contribution in [0.25, 0.3) is 5.65 Å². The van der Waals surface area contributed by atoms with Gasteiger partial charge < -0.3 is 15.1 Å². The van der Waals surface area contributed by atoms with Crippen LogP contribution in [0.3, 0.4) is 0 Å². The number of anilines is 1. The van der Waals surface area contributed by atoms with Crippen molar-refractivity contribution in [2.45, 2.75) is 37.9 Å². The number of nitrogens with zero attached hydrogens (tertiary/aromatic N) is 6. The Morgan fingerprint density at radius 2 is 2.00 bits per heavy atom. The lowest BCUT2D eigenvalue weighted by molar-refractivity contribution is -0.132. The predicted octanol–water partition coefficient (Wildman–Crippen LogP) is 2.10. The summed E-state index contributed by atoms with van der Waals surface area (Å²) in [4.78, 5) is 25.7. The van der Waals surface area contributed by atoms with E-state index in [4.69, 9.17) is 5.26 Å². The second-order valence-electron chi connectivity index (χ2n) is 8.32. The third-order valence-corrected chi connectivity index (χ3v) is 6.40. The summed E-state index contributed by atoms with van der Waals surface area (Å²) in [6.07, 6.45) is 7.41. The van der Waals surface area contributed by atoms with Gasteiger partial charge in [0, 0.05) is 63.3 Å². The third kappa shape index (κ3) is 3.78. The highest BCUT2D eigenvalue weighted by molar-refractivity contribution is 5.77. The van der Waals surface area contributed by atoms with Gasteiger partial charge in [-0.05, 0) is 37.1 Å². The number of aromatic nitrogens is 3. The standard InChI is InChI=1S/C23H24FN7O/c24-19-4-6-21-27-9-10-30(21)20(19)13-26-8-7-23(32)29-14-17-2-3-18(15-29)31(17)22-5-1-16(11-25)12-28-22/h1,4-6,9-10,12,17-18,26H,2-3,7-8,13-15H2. The fourth-order valence-corrected chi connectivity index (χ4v) is 4.84. The maximum absolute atomic E-state index is 14.2. The molecule has 2 fully saturated rings. The van der Waals surface area contributed by atoms with Crippen LogP contribution in [0.2, 0.25) is 0 Å². The lowest BCUT2D eigenvalue weighted by Gasteiger charge is -2.41. The van der Waals surface area contributed by atoms with Crippen molar-refractivity contribution in [1.82, 2.24) is 24.6 Å². The van der Waals surface area contributed by atoms with E-state index in [1.54, 1.807) is 35.1 Å². The van der Waals surface area contributed by atoms with E-state index in [1.807, 2.05) is 11.0 Å². The van der Waals surface area contributed by atoms with Gasteiger partial charge in [-0.2, -0.15) is 5.26 Å². The van der Waals surface area contributed by atoms with Gasteiger partial charge in [0.2, 0.25) is 5.91 Å². The second kappa shape index (κ2) is 8.55. The number of likely N-dealkylation sites (tertiary alicyclic amines) is 1. The highest BCUT2D eigenvalue weighted by Crippen LogP contribution is 2.34. The minimum Gasteiger partial charge on any atom is -0.347 e. The number of amides is 1. The van der Waals surface area contributed by atoms with Gasteiger partial charge in [-0.15, -0.1) is 0 Å². The molecule has 0 saturated carbocycles. The fourth-order valence-electron chi connectivity index (χ4n) is 4.84. The molecule has 0 spiro atoms. The quantitative estimate of drug-likeness (QED) is 0.599. The number of imidazole rings is 1. The summed E-state index contributed by atoms with van der Waals surface area (Å²) in [5.41, 5.74) is 1.75. The molecule has 1 N–H and O–H groups in total. The van der Waals surface area contributed by atoms with E-state index in [2.05, 4.69) is 26.3 Å². The number of rotatable bonds is 6. The summed E-state index contributed by atoms with van der Waals surface area (Å²) < 4.78 is 15.9. The van der Waals surface area contributed by atoms with Crippen LogP contribution >= 0.6 is 0 Å². The van der Waals surface area contributed by atoms with Gasteiger partial charge in [-0.1, -0.05) is 0 Å². The van der Waals surface area contributed by atoms with Crippen LogP contribution in [0, 0.1) is 17.1 Å². The molecule has 5 rings (SSSR count). The van der Waals surface area contributed by atoms with Gasteiger partial charge >= 0.3 is 0 Å². The van der Waals surface area contributed by atoms with Crippen molar-refractivity contribution >= 4 is 17.4 Å². The molecule has 2 unspecified atom stereocenters. The van der Waals surface area contributed by atoms with Crippen LogP contribution in [0.4, 0.5) is 10.2 Å². The first-order valence-electron chi connectivity index (χ1n) is 10.9. The zero-order chi connectivity index (χ0) is 22.1. The monoisotopic (exact) mass is 433 g/mol. The maximum Gasteiger partial charge on any atom is 0.223 e. The highest BCUT2D eigenvalue weighted by Gasteiger charge is 2.41. The maximum atomic E-state index is 14.2. The van der Waals surface area contributed by atoms with Crippen molar-refractivity contribution < 1.29 is 9.18 Å². The molecule has 0 radical (unpaired) electrons. The van der Waals surface area contributed by atoms with E-state index < -0.39 is 0 Å². The molecule has 2 aliphatic rings. The van der Waals surface area contributed by atoms with Gasteiger partial charge in [-0.25, -0.2) is 14.4 Å². The summed E-state index contributed by atoms with van der Waals surface area (Å²) in [6, 6.07) is 9.34. The zero-order valence-electron chi connectivity index (χ0n) is 17.6. The van der Waals surface area contributed by atoms with Crippen LogP contribution in [0.5, 0.6) is 0 Å². The van der Waals surface area contributed by atoms with Crippen molar-refractivity contribution in [2.24, 2.45) is 0 Å². The first-order valence-corrected chi connectivity index (χ1v) is 10.9. The smallest absolute Gasteiger partial charge is 0.223 e. The molecule has 2 aliphatic heterocycles. The molecule has 164 valence electrons. The van der Waals surface area contributed by atoms with Crippen LogP contribution in [0.15, 0.2) is 42.9 Å². The Kier molecular flexibility index (Phi) is 5.45. The second-order valence-corrected chi connectivity index (χ2v) is 8.32. The van der Waals surface area contributed by atoms with Crippen LogP contribution in [0.1, 0.15) is 30.5 Å². The minimum atomic E-state index is -0.293. The molecule has 3 aromatic heterocycles. The Bertz CT molecular complexity index is 1160. The van der Waals surface area contributed by atoms with E-state index in [0.717, 1.165) is 18.7 Å². The molecular weight excluding hydrogens is 409 g/mol. The molecular formula is C23H24FN7O. The lowest BCUT2D eigenvalue weighted by atomic mass is 10.1. The van der Waals surface area contributed by atoms with Gasteiger partial charge in [0.15, 0.2) is 0 Å². The number of carbonyl (C=O) groups is 1. The Labute approximate surface area is 185 Å². The van der Waals surface area contributed by atoms with Crippen molar-refractivity contribution in [3.05, 3.63) is 59.9 Å². The molecule has 32 heavy (non-hydrogen) atoms. The molecule has 8 nitrogen and oxygen atoms in total. The van der Waals surface area contributed by atoms with Gasteiger partial charge in [-0.3, -0.25) is 9.20 Å². The SMILES string of the molecule is N#Cc1ccc(N2C3CCC2CN(C(=O)CCNCc2c(F)ccc4nccn24)C3)nc1. The molecule has 1 amide bonds. The zero-order valence-corrected chi connectivity index (χ0v) is 17.6. The third-order valence-electron chi connectivity index (χ3n) is 6.40. The molecule has 3 aromatic rings. The average Bonchev–Trinajstić information content (AvgIpc) is 3.39. The number of hydrogen-bond donors (Lipinski definition) is 1. The molecule has 0 aromatic carbocycles. The Balaban J connectivity index is 1.15. The number of piperazine rings is 1. The summed E-state index contributed by atoms with van der Waals surface area (Å²) in [5.74, 6) is 0.697. The lowest BCUT2D eigenvalue weighted by Crippen LogP contribution is -2.56. The Morgan fingerprint density at radius 3 is 2.72 bits per heavy atom. The number of nitriles is 1. The number of hydrogen-bond acceptors (Lipinski definition) is 6. The molecule has 2 saturated heterocycles. The number of carbonyl (C=O) groups excluding carboxylic acids is 1. The van der Waals surface area contributed by atoms with Crippen molar-refractivity contribution in [1.29, 1.82) is 5.26 Å². The molecule has 9 heteroatoms. The Hall–Kier alpha value is -3.51. The number of halogens is 1. The minimum absolute atomic E-state index is 0.114.